The molecule has 1 aromatic carbocycles. The fraction of sp³-hybridized carbons (Fsp3) is 0.375. The largest absolute Gasteiger partial charge is 0.463 e. The summed E-state index contributed by atoms with van der Waals surface area (Å²) >= 11 is 0. The molecule has 0 saturated heterocycles. The lowest BCUT2D eigenvalue weighted by molar-refractivity contribution is -0.139. The molecule has 4 heteroatoms. The van der Waals surface area contributed by atoms with Gasteiger partial charge in [0.2, 0.25) is 5.91 Å². The molecule has 0 radical (unpaired) electrons. The quantitative estimate of drug-likeness (QED) is 0.861. The fourth-order valence-corrected chi connectivity index (χ4v) is 2.46. The minimum Gasteiger partial charge on any atom is -0.463 e. The van der Waals surface area contributed by atoms with Gasteiger partial charge in [0.05, 0.1) is 12.2 Å². The number of aryl methyl sites for hydroxylation is 1. The van der Waals surface area contributed by atoms with Crippen LogP contribution in [0.2, 0.25) is 0 Å². The van der Waals surface area contributed by atoms with E-state index in [0.717, 1.165) is 11.1 Å². The van der Waals surface area contributed by atoms with E-state index in [2.05, 4.69) is 5.32 Å². The van der Waals surface area contributed by atoms with Gasteiger partial charge in [-0.25, -0.2) is 4.79 Å². The van der Waals surface area contributed by atoms with E-state index >= 15 is 0 Å². The molecule has 0 bridgehead atoms. The molecule has 1 atom stereocenters. The lowest BCUT2D eigenvalue weighted by atomic mass is 9.84. The van der Waals surface area contributed by atoms with Gasteiger partial charge in [-0.1, -0.05) is 29.8 Å². The van der Waals surface area contributed by atoms with Crippen molar-refractivity contribution in [1.82, 2.24) is 5.32 Å². The topological polar surface area (TPSA) is 55.4 Å². The van der Waals surface area contributed by atoms with Crippen molar-refractivity contribution in [2.45, 2.75) is 33.1 Å². The molecule has 0 aliphatic carbocycles. The smallest absolute Gasteiger partial charge is 0.336 e. The van der Waals surface area contributed by atoms with Gasteiger partial charge in [-0.3, -0.25) is 4.79 Å². The summed E-state index contributed by atoms with van der Waals surface area (Å²) in [5.41, 5.74) is 3.25. The maximum atomic E-state index is 12.1. The van der Waals surface area contributed by atoms with E-state index in [-0.39, 0.29) is 24.2 Å². The van der Waals surface area contributed by atoms with Gasteiger partial charge >= 0.3 is 5.97 Å². The van der Waals surface area contributed by atoms with Gasteiger partial charge in [0, 0.05) is 18.0 Å². The molecule has 0 spiro atoms. The maximum Gasteiger partial charge on any atom is 0.336 e. The Kier molecular flexibility index (Phi) is 4.23. The van der Waals surface area contributed by atoms with Gasteiger partial charge < -0.3 is 10.1 Å². The summed E-state index contributed by atoms with van der Waals surface area (Å²) in [5.74, 6) is -0.653. The molecular formula is C16H19NO3. The van der Waals surface area contributed by atoms with Crippen LogP contribution in [0.3, 0.4) is 0 Å². The normalized spacial score (nSPS) is 18.8. The summed E-state index contributed by atoms with van der Waals surface area (Å²) in [6, 6.07) is 7.90. The number of esters is 1. The van der Waals surface area contributed by atoms with Gasteiger partial charge in [0.1, 0.15) is 0 Å². The molecule has 2 rings (SSSR count). The van der Waals surface area contributed by atoms with Crippen LogP contribution in [0, 0.1) is 6.92 Å². The third kappa shape index (κ3) is 2.90. The Morgan fingerprint density at radius 2 is 1.95 bits per heavy atom. The van der Waals surface area contributed by atoms with Crippen molar-refractivity contribution in [3.05, 3.63) is 46.7 Å². The molecule has 4 nitrogen and oxygen atoms in total. The number of carbonyl (C=O) groups excluding carboxylic acids is 2. The molecule has 0 saturated carbocycles. The molecule has 20 heavy (non-hydrogen) atoms. The highest BCUT2D eigenvalue weighted by Gasteiger charge is 2.32. The van der Waals surface area contributed by atoms with E-state index in [9.17, 15) is 9.59 Å². The number of hydrogen-bond donors (Lipinski definition) is 1. The Morgan fingerprint density at radius 1 is 1.30 bits per heavy atom. The minimum atomic E-state index is -0.351. The molecule has 0 aromatic heterocycles. The predicted octanol–water partition coefficient (Wildman–Crippen LogP) is 2.44. The Labute approximate surface area is 118 Å². The highest BCUT2D eigenvalue weighted by Crippen LogP contribution is 2.33. The summed E-state index contributed by atoms with van der Waals surface area (Å²) in [6.07, 6.45) is 0.272. The molecule has 106 valence electrons. The zero-order chi connectivity index (χ0) is 14.7. The number of ether oxygens (including phenoxy) is 1. The molecular weight excluding hydrogens is 254 g/mol. The van der Waals surface area contributed by atoms with Crippen LogP contribution in [0.1, 0.15) is 37.3 Å². The van der Waals surface area contributed by atoms with E-state index < -0.39 is 0 Å². The first-order valence-corrected chi connectivity index (χ1v) is 6.77. The monoisotopic (exact) mass is 273 g/mol. The Balaban J connectivity index is 2.41. The van der Waals surface area contributed by atoms with Crippen LogP contribution in [0.4, 0.5) is 0 Å². The van der Waals surface area contributed by atoms with E-state index in [1.54, 1.807) is 13.8 Å². The van der Waals surface area contributed by atoms with E-state index in [0.29, 0.717) is 17.9 Å². The second-order valence-corrected chi connectivity index (χ2v) is 4.97. The third-order valence-corrected chi connectivity index (χ3v) is 3.44. The number of benzene rings is 1. The number of hydrogen-bond acceptors (Lipinski definition) is 3. The van der Waals surface area contributed by atoms with E-state index in [1.807, 2.05) is 31.2 Å². The Bertz CT molecular complexity index is 558. The number of nitrogens with one attached hydrogen (secondary N) is 1. The Morgan fingerprint density at radius 3 is 2.55 bits per heavy atom. The van der Waals surface area contributed by atoms with Crippen molar-refractivity contribution in [3.63, 3.8) is 0 Å². The third-order valence-electron chi connectivity index (χ3n) is 3.44. The second-order valence-electron chi connectivity index (χ2n) is 4.97. The number of rotatable bonds is 3. The first-order valence-electron chi connectivity index (χ1n) is 6.77. The van der Waals surface area contributed by atoms with Gasteiger partial charge in [0.15, 0.2) is 0 Å². The zero-order valence-electron chi connectivity index (χ0n) is 12.0. The van der Waals surface area contributed by atoms with Crippen LogP contribution in [0.15, 0.2) is 35.5 Å². The summed E-state index contributed by atoms with van der Waals surface area (Å²) in [5, 5.41) is 2.72. The van der Waals surface area contributed by atoms with Crippen molar-refractivity contribution in [2.75, 3.05) is 6.61 Å². The van der Waals surface area contributed by atoms with Gasteiger partial charge in [-0.15, -0.1) is 0 Å². The highest BCUT2D eigenvalue weighted by molar-refractivity contribution is 5.95. The molecule has 1 aliphatic heterocycles. The van der Waals surface area contributed by atoms with Crippen molar-refractivity contribution >= 4 is 11.9 Å². The standard InChI is InChI=1S/C16H19NO3/c1-4-20-16(19)15-11(3)17-14(18)9-13(15)12-7-5-10(2)6-8-12/h5-8,13H,4,9H2,1-3H3,(H,17,18)/t13-/m0/s1. The second kappa shape index (κ2) is 5.90. The Hall–Kier alpha value is -2.10. The molecule has 0 fully saturated rings. The zero-order valence-corrected chi connectivity index (χ0v) is 12.0. The van der Waals surface area contributed by atoms with Gasteiger partial charge in [-0.2, -0.15) is 0 Å². The number of amides is 1. The summed E-state index contributed by atoms with van der Waals surface area (Å²) in [6.45, 7) is 5.84. The van der Waals surface area contributed by atoms with Crippen molar-refractivity contribution in [2.24, 2.45) is 0 Å². The average molecular weight is 273 g/mol. The van der Waals surface area contributed by atoms with Crippen LogP contribution in [0.25, 0.3) is 0 Å². The molecule has 1 N–H and O–H groups in total. The molecule has 1 heterocycles. The van der Waals surface area contributed by atoms with Crippen molar-refractivity contribution < 1.29 is 14.3 Å². The van der Waals surface area contributed by atoms with Crippen molar-refractivity contribution in [3.8, 4) is 0 Å². The first kappa shape index (κ1) is 14.3. The predicted molar refractivity (Wildman–Crippen MR) is 76.0 cm³/mol. The molecule has 1 aliphatic rings. The van der Waals surface area contributed by atoms with Crippen LogP contribution >= 0.6 is 0 Å². The lowest BCUT2D eigenvalue weighted by Gasteiger charge is -2.26. The minimum absolute atomic E-state index is 0.0684. The lowest BCUT2D eigenvalue weighted by Crippen LogP contribution is -2.34. The highest BCUT2D eigenvalue weighted by atomic mass is 16.5. The molecule has 1 amide bonds. The van der Waals surface area contributed by atoms with Crippen LogP contribution in [-0.4, -0.2) is 18.5 Å². The number of allylic oxidation sites excluding steroid dienone is 1. The van der Waals surface area contributed by atoms with Gasteiger partial charge in [-0.05, 0) is 26.3 Å². The SMILES string of the molecule is CCOC(=O)C1=C(C)NC(=O)C[C@H]1c1ccc(C)cc1. The number of carbonyl (C=O) groups is 2. The van der Waals surface area contributed by atoms with E-state index in [4.69, 9.17) is 4.74 Å². The molecule has 1 aromatic rings. The first-order chi connectivity index (χ1) is 9.52. The average Bonchev–Trinajstić information content (AvgIpc) is 2.38. The summed E-state index contributed by atoms with van der Waals surface area (Å²) < 4.78 is 5.11. The fourth-order valence-electron chi connectivity index (χ4n) is 2.46. The van der Waals surface area contributed by atoms with Crippen LogP contribution in [-0.2, 0) is 14.3 Å². The van der Waals surface area contributed by atoms with Gasteiger partial charge in [0.25, 0.3) is 0 Å². The van der Waals surface area contributed by atoms with Crippen LogP contribution in [0.5, 0.6) is 0 Å². The van der Waals surface area contributed by atoms with Crippen LogP contribution < -0.4 is 5.32 Å². The summed E-state index contributed by atoms with van der Waals surface area (Å²) in [4.78, 5) is 23.9. The summed E-state index contributed by atoms with van der Waals surface area (Å²) in [7, 11) is 0. The molecule has 0 unspecified atom stereocenters. The maximum absolute atomic E-state index is 12.1. The van der Waals surface area contributed by atoms with E-state index in [1.165, 1.54) is 0 Å². The van der Waals surface area contributed by atoms with Crippen molar-refractivity contribution in [1.29, 1.82) is 0 Å².